The van der Waals surface area contributed by atoms with Crippen LogP contribution in [0.1, 0.15) is 31.2 Å². The van der Waals surface area contributed by atoms with Crippen LogP contribution < -0.4 is 11.1 Å². The molecule has 3 N–H and O–H groups in total. The van der Waals surface area contributed by atoms with Gasteiger partial charge in [-0.1, -0.05) is 18.3 Å². The van der Waals surface area contributed by atoms with Crippen LogP contribution in [0.15, 0.2) is 18.2 Å². The number of benzene rings is 1. The Balaban J connectivity index is 1.68. The highest BCUT2D eigenvalue weighted by Gasteiger charge is 2.43. The van der Waals surface area contributed by atoms with E-state index in [0.29, 0.717) is 17.4 Å². The molecular weight excluding hydrogens is 267 g/mol. The Morgan fingerprint density at radius 2 is 2.24 bits per heavy atom. The molecule has 0 spiro atoms. The van der Waals surface area contributed by atoms with Gasteiger partial charge in [-0.25, -0.2) is 4.39 Å². The van der Waals surface area contributed by atoms with Gasteiger partial charge in [0.15, 0.2) is 0 Å². The molecule has 0 aromatic heterocycles. The molecule has 110 valence electrons. The molecule has 3 unspecified atom stereocenters. The third-order valence-corrected chi connectivity index (χ3v) is 4.64. The molecule has 2 saturated carbocycles. The Morgan fingerprint density at radius 3 is 2.86 bits per heavy atom. The molecular formula is C17H19FN2O. The van der Waals surface area contributed by atoms with Crippen molar-refractivity contribution >= 4 is 11.6 Å². The SMILES string of the molecule is NCC#Cc1ccc(NC(=O)C2CC3CCC2C3)c(F)c1. The molecule has 1 aromatic rings. The number of nitrogens with one attached hydrogen (secondary N) is 1. The van der Waals surface area contributed by atoms with Crippen LogP contribution in [0.5, 0.6) is 0 Å². The van der Waals surface area contributed by atoms with Crippen molar-refractivity contribution in [2.45, 2.75) is 25.7 Å². The molecule has 3 atom stereocenters. The lowest BCUT2D eigenvalue weighted by Crippen LogP contribution is -2.27. The first-order valence-electron chi connectivity index (χ1n) is 7.46. The molecule has 2 aliphatic rings. The van der Waals surface area contributed by atoms with E-state index in [1.54, 1.807) is 12.1 Å². The highest BCUT2D eigenvalue weighted by molar-refractivity contribution is 5.93. The van der Waals surface area contributed by atoms with Crippen molar-refractivity contribution in [2.24, 2.45) is 23.5 Å². The first-order valence-corrected chi connectivity index (χ1v) is 7.46. The van der Waals surface area contributed by atoms with Crippen molar-refractivity contribution in [2.75, 3.05) is 11.9 Å². The Bertz CT molecular complexity index is 617. The van der Waals surface area contributed by atoms with Crippen molar-refractivity contribution in [1.82, 2.24) is 0 Å². The number of carbonyl (C=O) groups excluding carboxylic acids is 1. The zero-order valence-electron chi connectivity index (χ0n) is 11.9. The Hall–Kier alpha value is -1.86. The minimum Gasteiger partial charge on any atom is -0.323 e. The molecule has 3 rings (SSSR count). The molecule has 2 fully saturated rings. The Kier molecular flexibility index (Phi) is 3.94. The van der Waals surface area contributed by atoms with Crippen molar-refractivity contribution in [3.8, 4) is 11.8 Å². The normalized spacial score (nSPS) is 26.3. The van der Waals surface area contributed by atoms with Crippen LogP contribution >= 0.6 is 0 Å². The third kappa shape index (κ3) is 2.93. The molecule has 21 heavy (non-hydrogen) atoms. The van der Waals surface area contributed by atoms with Gasteiger partial charge in [0, 0.05) is 11.5 Å². The van der Waals surface area contributed by atoms with Crippen LogP contribution in [0.4, 0.5) is 10.1 Å². The highest BCUT2D eigenvalue weighted by atomic mass is 19.1. The van der Waals surface area contributed by atoms with Crippen LogP contribution in [0.3, 0.4) is 0 Å². The molecule has 0 heterocycles. The second-order valence-corrected chi connectivity index (χ2v) is 5.97. The van der Waals surface area contributed by atoms with Crippen LogP contribution in [-0.4, -0.2) is 12.5 Å². The Labute approximate surface area is 124 Å². The van der Waals surface area contributed by atoms with Gasteiger partial charge in [-0.3, -0.25) is 4.79 Å². The topological polar surface area (TPSA) is 55.1 Å². The van der Waals surface area contributed by atoms with E-state index in [9.17, 15) is 9.18 Å². The van der Waals surface area contributed by atoms with Crippen LogP contribution in [-0.2, 0) is 4.79 Å². The van der Waals surface area contributed by atoms with Gasteiger partial charge in [-0.15, -0.1) is 0 Å². The predicted octanol–water partition coefficient (Wildman–Crippen LogP) is 2.51. The summed E-state index contributed by atoms with van der Waals surface area (Å²) in [4.78, 5) is 12.3. The molecule has 2 bridgehead atoms. The van der Waals surface area contributed by atoms with Crippen molar-refractivity contribution in [3.05, 3.63) is 29.6 Å². The summed E-state index contributed by atoms with van der Waals surface area (Å²) in [5.41, 5.74) is 6.09. The fourth-order valence-corrected chi connectivity index (χ4v) is 3.64. The number of rotatable bonds is 2. The summed E-state index contributed by atoms with van der Waals surface area (Å²) in [6.45, 7) is 0.240. The fraction of sp³-hybridized carbons (Fsp3) is 0.471. The van der Waals surface area contributed by atoms with Gasteiger partial charge in [-0.2, -0.15) is 0 Å². The molecule has 0 aliphatic heterocycles. The summed E-state index contributed by atoms with van der Waals surface area (Å²) < 4.78 is 14.0. The predicted molar refractivity (Wildman–Crippen MR) is 79.9 cm³/mol. The standard InChI is InChI=1S/C17H19FN2O/c18-15-10-11(2-1-7-19)4-6-16(15)20-17(21)14-9-12-3-5-13(14)8-12/h4,6,10,12-14H,3,5,7-9,19H2,(H,20,21). The lowest BCUT2D eigenvalue weighted by molar-refractivity contribution is -0.121. The summed E-state index contributed by atoms with van der Waals surface area (Å²) in [7, 11) is 0. The van der Waals surface area contributed by atoms with E-state index < -0.39 is 5.82 Å². The number of amides is 1. The van der Waals surface area contributed by atoms with Gasteiger partial charge in [0.1, 0.15) is 5.82 Å². The molecule has 0 radical (unpaired) electrons. The first-order chi connectivity index (χ1) is 10.2. The van der Waals surface area contributed by atoms with E-state index in [4.69, 9.17) is 5.73 Å². The Morgan fingerprint density at radius 1 is 1.38 bits per heavy atom. The van der Waals surface area contributed by atoms with Crippen LogP contribution in [0.2, 0.25) is 0 Å². The van der Waals surface area contributed by atoms with Crippen molar-refractivity contribution in [3.63, 3.8) is 0 Å². The number of anilines is 1. The minimum absolute atomic E-state index is 0.0399. The number of carbonyl (C=O) groups is 1. The quantitative estimate of drug-likeness (QED) is 0.821. The number of hydrogen-bond donors (Lipinski definition) is 2. The van der Waals surface area contributed by atoms with Gasteiger partial charge in [0.2, 0.25) is 5.91 Å². The average molecular weight is 286 g/mol. The zero-order chi connectivity index (χ0) is 14.8. The van der Waals surface area contributed by atoms with E-state index in [2.05, 4.69) is 17.2 Å². The molecule has 4 heteroatoms. The van der Waals surface area contributed by atoms with Crippen molar-refractivity contribution < 1.29 is 9.18 Å². The van der Waals surface area contributed by atoms with Crippen molar-refractivity contribution in [1.29, 1.82) is 0 Å². The maximum absolute atomic E-state index is 14.0. The van der Waals surface area contributed by atoms with E-state index >= 15 is 0 Å². The zero-order valence-corrected chi connectivity index (χ0v) is 11.9. The summed E-state index contributed by atoms with van der Waals surface area (Å²) >= 11 is 0. The maximum atomic E-state index is 14.0. The van der Waals surface area contributed by atoms with Gasteiger partial charge in [0.25, 0.3) is 0 Å². The molecule has 1 amide bonds. The monoisotopic (exact) mass is 286 g/mol. The minimum atomic E-state index is -0.449. The molecule has 2 aliphatic carbocycles. The second kappa shape index (κ2) is 5.87. The summed E-state index contributed by atoms with van der Waals surface area (Å²) in [6, 6.07) is 4.60. The summed E-state index contributed by atoms with van der Waals surface area (Å²) in [5, 5.41) is 2.73. The first kappa shape index (κ1) is 14.1. The number of nitrogens with two attached hydrogens (primary N) is 1. The van der Waals surface area contributed by atoms with Gasteiger partial charge < -0.3 is 11.1 Å². The maximum Gasteiger partial charge on any atom is 0.227 e. The second-order valence-electron chi connectivity index (χ2n) is 5.97. The average Bonchev–Trinajstić information content (AvgIpc) is 3.10. The number of halogens is 1. The van der Waals surface area contributed by atoms with E-state index in [1.807, 2.05) is 0 Å². The number of hydrogen-bond acceptors (Lipinski definition) is 2. The van der Waals surface area contributed by atoms with Gasteiger partial charge >= 0.3 is 0 Å². The van der Waals surface area contributed by atoms with Crippen LogP contribution in [0.25, 0.3) is 0 Å². The molecule has 0 saturated heterocycles. The summed E-state index contributed by atoms with van der Waals surface area (Å²) in [5.74, 6) is 6.21. The lowest BCUT2D eigenvalue weighted by Gasteiger charge is -2.20. The van der Waals surface area contributed by atoms with Gasteiger partial charge in [-0.05, 0) is 49.3 Å². The fourth-order valence-electron chi connectivity index (χ4n) is 3.64. The highest BCUT2D eigenvalue weighted by Crippen LogP contribution is 2.48. The molecule has 3 nitrogen and oxygen atoms in total. The van der Waals surface area contributed by atoms with E-state index in [1.165, 1.54) is 12.5 Å². The lowest BCUT2D eigenvalue weighted by atomic mass is 9.88. The van der Waals surface area contributed by atoms with E-state index in [-0.39, 0.29) is 24.1 Å². The van der Waals surface area contributed by atoms with E-state index in [0.717, 1.165) is 19.3 Å². The summed E-state index contributed by atoms with van der Waals surface area (Å²) in [6.07, 6.45) is 4.50. The third-order valence-electron chi connectivity index (χ3n) is 4.64. The van der Waals surface area contributed by atoms with Gasteiger partial charge in [0.05, 0.1) is 12.2 Å². The number of fused-ring (bicyclic) bond motifs is 2. The van der Waals surface area contributed by atoms with Crippen LogP contribution in [0, 0.1) is 35.4 Å². The smallest absolute Gasteiger partial charge is 0.227 e. The molecule has 1 aromatic carbocycles. The largest absolute Gasteiger partial charge is 0.323 e.